The number of carboxylic acids is 1. The molecule has 1 heterocycles. The Morgan fingerprint density at radius 1 is 1.10 bits per heavy atom. The van der Waals surface area contributed by atoms with Gasteiger partial charge in [-0.15, -0.1) is 0 Å². The van der Waals surface area contributed by atoms with Crippen LogP contribution in [0, 0.1) is 0 Å². The lowest BCUT2D eigenvalue weighted by molar-refractivity contribution is -0.132. The Morgan fingerprint density at radius 3 is 2.45 bits per heavy atom. The molecule has 3 aromatic rings. The number of aromatic nitrogens is 1. The molecule has 1 aromatic heterocycles. The molecule has 0 radical (unpaired) electrons. The van der Waals surface area contributed by atoms with Gasteiger partial charge < -0.3 is 19.1 Å². The molecule has 0 atom stereocenters. The SMILES string of the molecule is COC(=O)c1ccc(Cc2cn(C(C)C)c3ccc(C=C(C)C(=O)O)cc23)c(OC)c1. The molecular formula is C25H27NO5. The zero-order valence-corrected chi connectivity index (χ0v) is 18.4. The van der Waals surface area contributed by atoms with Gasteiger partial charge in [-0.05, 0) is 67.8 Å². The minimum absolute atomic E-state index is 0.266. The first-order valence-corrected chi connectivity index (χ1v) is 10.1. The van der Waals surface area contributed by atoms with Crippen molar-refractivity contribution in [3.63, 3.8) is 0 Å². The first-order chi connectivity index (χ1) is 14.7. The minimum Gasteiger partial charge on any atom is -0.496 e. The van der Waals surface area contributed by atoms with Crippen molar-refractivity contribution in [3.05, 3.63) is 70.4 Å². The van der Waals surface area contributed by atoms with Crippen LogP contribution in [0.15, 0.2) is 48.2 Å². The van der Waals surface area contributed by atoms with Gasteiger partial charge in [0.15, 0.2) is 0 Å². The van der Waals surface area contributed by atoms with Gasteiger partial charge >= 0.3 is 11.9 Å². The van der Waals surface area contributed by atoms with Crippen LogP contribution >= 0.6 is 0 Å². The third kappa shape index (κ3) is 4.63. The Labute approximate surface area is 181 Å². The molecule has 0 spiro atoms. The quantitative estimate of drug-likeness (QED) is 0.424. The molecule has 6 nitrogen and oxygen atoms in total. The van der Waals surface area contributed by atoms with Crippen molar-refractivity contribution in [1.29, 1.82) is 0 Å². The Morgan fingerprint density at radius 2 is 1.84 bits per heavy atom. The van der Waals surface area contributed by atoms with Gasteiger partial charge in [0, 0.05) is 35.1 Å². The number of aliphatic carboxylic acids is 1. The molecule has 0 aliphatic heterocycles. The van der Waals surface area contributed by atoms with Crippen LogP contribution in [0.3, 0.4) is 0 Å². The van der Waals surface area contributed by atoms with Gasteiger partial charge in [-0.1, -0.05) is 12.1 Å². The minimum atomic E-state index is -0.935. The summed E-state index contributed by atoms with van der Waals surface area (Å²) >= 11 is 0. The summed E-state index contributed by atoms with van der Waals surface area (Å²) in [7, 11) is 2.93. The van der Waals surface area contributed by atoms with E-state index in [1.807, 2.05) is 24.3 Å². The zero-order valence-electron chi connectivity index (χ0n) is 18.4. The molecule has 0 aliphatic carbocycles. The van der Waals surface area contributed by atoms with Crippen molar-refractivity contribution in [1.82, 2.24) is 4.57 Å². The van der Waals surface area contributed by atoms with Crippen LogP contribution in [-0.2, 0) is 16.0 Å². The number of hydrogen-bond acceptors (Lipinski definition) is 4. The smallest absolute Gasteiger partial charge is 0.337 e. The molecule has 2 aromatic carbocycles. The summed E-state index contributed by atoms with van der Waals surface area (Å²) in [6.45, 7) is 5.83. The molecule has 0 amide bonds. The Kier molecular flexibility index (Phi) is 6.49. The number of fused-ring (bicyclic) bond motifs is 1. The fourth-order valence-electron chi connectivity index (χ4n) is 3.65. The Balaban J connectivity index is 2.10. The van der Waals surface area contributed by atoms with Crippen molar-refractivity contribution >= 4 is 28.9 Å². The number of carboxylic acid groups (broad SMARTS) is 1. The first kappa shape index (κ1) is 22.2. The second-order valence-electron chi connectivity index (χ2n) is 7.76. The lowest BCUT2D eigenvalue weighted by atomic mass is 10.0. The van der Waals surface area contributed by atoms with E-state index in [4.69, 9.17) is 9.47 Å². The van der Waals surface area contributed by atoms with E-state index in [1.54, 1.807) is 32.2 Å². The summed E-state index contributed by atoms with van der Waals surface area (Å²) in [5, 5.41) is 10.3. The summed E-state index contributed by atoms with van der Waals surface area (Å²) in [6, 6.07) is 11.5. The molecule has 3 rings (SSSR count). The molecule has 1 N–H and O–H groups in total. The summed E-state index contributed by atoms with van der Waals surface area (Å²) in [5.41, 5.74) is 4.67. The number of methoxy groups -OCH3 is 2. The molecule has 6 heteroatoms. The summed E-state index contributed by atoms with van der Waals surface area (Å²) < 4.78 is 12.5. The number of carbonyl (C=O) groups excluding carboxylic acids is 1. The average Bonchev–Trinajstić information content (AvgIpc) is 3.11. The van der Waals surface area contributed by atoms with Gasteiger partial charge in [0.1, 0.15) is 5.75 Å². The number of ether oxygens (including phenoxy) is 2. The maximum Gasteiger partial charge on any atom is 0.337 e. The highest BCUT2D eigenvalue weighted by Gasteiger charge is 2.16. The van der Waals surface area contributed by atoms with Crippen LogP contribution < -0.4 is 4.74 Å². The van der Waals surface area contributed by atoms with E-state index in [1.165, 1.54) is 7.11 Å². The van der Waals surface area contributed by atoms with Crippen molar-refractivity contribution in [2.45, 2.75) is 33.2 Å². The summed E-state index contributed by atoms with van der Waals surface area (Å²) in [6.07, 6.45) is 4.40. The lowest BCUT2D eigenvalue weighted by Crippen LogP contribution is -2.03. The van der Waals surface area contributed by atoms with Crippen LogP contribution in [-0.4, -0.2) is 35.8 Å². The van der Waals surface area contributed by atoms with Crippen molar-refractivity contribution < 1.29 is 24.2 Å². The highest BCUT2D eigenvalue weighted by molar-refractivity contribution is 5.93. The van der Waals surface area contributed by atoms with Crippen LogP contribution in [0.4, 0.5) is 0 Å². The molecule has 162 valence electrons. The van der Waals surface area contributed by atoms with Crippen molar-refractivity contribution in [2.24, 2.45) is 0 Å². The number of benzene rings is 2. The fraction of sp³-hybridized carbons (Fsp3) is 0.280. The lowest BCUT2D eigenvalue weighted by Gasteiger charge is -2.10. The Bertz CT molecular complexity index is 1170. The van der Waals surface area contributed by atoms with E-state index in [9.17, 15) is 14.7 Å². The fourth-order valence-corrected chi connectivity index (χ4v) is 3.65. The number of esters is 1. The topological polar surface area (TPSA) is 77.8 Å². The summed E-state index contributed by atoms with van der Waals surface area (Å²) in [5.74, 6) is -0.729. The Hall–Kier alpha value is -3.54. The van der Waals surface area contributed by atoms with Gasteiger partial charge in [0.2, 0.25) is 0 Å². The number of carbonyl (C=O) groups is 2. The van der Waals surface area contributed by atoms with E-state index in [-0.39, 0.29) is 11.6 Å². The molecule has 31 heavy (non-hydrogen) atoms. The second-order valence-corrected chi connectivity index (χ2v) is 7.76. The first-order valence-electron chi connectivity index (χ1n) is 10.1. The number of hydrogen-bond donors (Lipinski definition) is 1. The molecule has 0 unspecified atom stereocenters. The van der Waals surface area contributed by atoms with Gasteiger partial charge in [-0.25, -0.2) is 9.59 Å². The molecule has 0 fully saturated rings. The van der Waals surface area contributed by atoms with Crippen molar-refractivity contribution in [3.8, 4) is 5.75 Å². The summed E-state index contributed by atoms with van der Waals surface area (Å²) in [4.78, 5) is 23.1. The van der Waals surface area contributed by atoms with E-state index in [2.05, 4.69) is 24.6 Å². The van der Waals surface area contributed by atoms with Gasteiger partial charge in [-0.3, -0.25) is 0 Å². The zero-order chi connectivity index (χ0) is 22.7. The van der Waals surface area contributed by atoms with Gasteiger partial charge in [0.25, 0.3) is 0 Å². The maximum atomic E-state index is 11.8. The highest BCUT2D eigenvalue weighted by atomic mass is 16.5. The predicted molar refractivity (Wildman–Crippen MR) is 121 cm³/mol. The molecule has 0 aliphatic rings. The highest BCUT2D eigenvalue weighted by Crippen LogP contribution is 2.31. The van der Waals surface area contributed by atoms with E-state index in [0.29, 0.717) is 17.7 Å². The van der Waals surface area contributed by atoms with Crippen LogP contribution in [0.2, 0.25) is 0 Å². The molecule has 0 saturated carbocycles. The average molecular weight is 421 g/mol. The number of rotatable bonds is 7. The van der Waals surface area contributed by atoms with Crippen LogP contribution in [0.25, 0.3) is 17.0 Å². The standard InChI is InChI=1S/C25H27NO5/c1-15(2)26-14-20(12-18-7-8-19(25(29)31-5)13-23(18)30-4)21-11-17(6-9-22(21)26)10-16(3)24(27)28/h6-11,13-15H,12H2,1-5H3,(H,27,28). The van der Waals surface area contributed by atoms with E-state index >= 15 is 0 Å². The molecular weight excluding hydrogens is 394 g/mol. The van der Waals surface area contributed by atoms with Gasteiger partial charge in [-0.2, -0.15) is 0 Å². The maximum absolute atomic E-state index is 11.8. The third-order valence-corrected chi connectivity index (χ3v) is 5.31. The second kappa shape index (κ2) is 9.08. The predicted octanol–water partition coefficient (Wildman–Crippen LogP) is 5.10. The molecule has 0 saturated heterocycles. The number of nitrogens with zero attached hydrogens (tertiary/aromatic N) is 1. The molecule has 0 bridgehead atoms. The van der Waals surface area contributed by atoms with Gasteiger partial charge in [0.05, 0.1) is 19.8 Å². The van der Waals surface area contributed by atoms with Crippen molar-refractivity contribution in [2.75, 3.05) is 14.2 Å². The van der Waals surface area contributed by atoms with E-state index < -0.39 is 11.9 Å². The largest absolute Gasteiger partial charge is 0.496 e. The van der Waals surface area contributed by atoms with Crippen LogP contribution in [0.1, 0.15) is 53.9 Å². The van der Waals surface area contributed by atoms with Crippen LogP contribution in [0.5, 0.6) is 5.75 Å². The monoisotopic (exact) mass is 421 g/mol. The van der Waals surface area contributed by atoms with E-state index in [0.717, 1.165) is 27.6 Å². The third-order valence-electron chi connectivity index (χ3n) is 5.31. The normalized spacial score (nSPS) is 11.7.